The Kier molecular flexibility index (Phi) is 5.00. The third-order valence-corrected chi connectivity index (χ3v) is 3.34. The summed E-state index contributed by atoms with van der Waals surface area (Å²) in [4.78, 5) is 7.22. The summed E-state index contributed by atoms with van der Waals surface area (Å²) >= 11 is 0. The molecule has 0 saturated heterocycles. The average molecular weight is 247 g/mol. The normalized spacial score (nSPS) is 14.8. The minimum absolute atomic E-state index is 0.869. The molecule has 1 aromatic rings. The van der Waals surface area contributed by atoms with Crippen LogP contribution in [0.1, 0.15) is 38.8 Å². The van der Waals surface area contributed by atoms with Crippen LogP contribution in [0.5, 0.6) is 0 Å². The minimum atomic E-state index is 0.869. The van der Waals surface area contributed by atoms with Crippen LogP contribution in [0.3, 0.4) is 0 Å². The zero-order chi connectivity index (χ0) is 12.8. The Bertz CT molecular complexity index is 361. The molecule has 1 aromatic heterocycles. The second-order valence-corrected chi connectivity index (χ2v) is 5.16. The van der Waals surface area contributed by atoms with Crippen LogP contribution in [-0.2, 0) is 6.54 Å². The van der Waals surface area contributed by atoms with Crippen LogP contribution in [0.4, 0.5) is 5.82 Å². The van der Waals surface area contributed by atoms with E-state index in [-0.39, 0.29) is 0 Å². The number of aromatic nitrogens is 1. The Hall–Kier alpha value is -1.09. The van der Waals surface area contributed by atoms with Gasteiger partial charge in [0.2, 0.25) is 0 Å². The summed E-state index contributed by atoms with van der Waals surface area (Å²) in [5, 5.41) is 3.33. The van der Waals surface area contributed by atoms with Crippen molar-refractivity contribution in [2.24, 2.45) is 5.92 Å². The number of anilines is 1. The Labute approximate surface area is 111 Å². The molecule has 0 aliphatic heterocycles. The van der Waals surface area contributed by atoms with Gasteiger partial charge in [-0.2, -0.15) is 0 Å². The van der Waals surface area contributed by atoms with Gasteiger partial charge in [-0.15, -0.1) is 0 Å². The van der Waals surface area contributed by atoms with Crippen molar-refractivity contribution >= 4 is 5.82 Å². The molecule has 0 spiro atoms. The quantitative estimate of drug-likeness (QED) is 0.765. The van der Waals surface area contributed by atoms with E-state index in [9.17, 15) is 0 Å². The lowest BCUT2D eigenvalue weighted by atomic mass is 10.3. The summed E-state index contributed by atoms with van der Waals surface area (Å²) in [5.41, 5.74) is 1.14. The highest BCUT2D eigenvalue weighted by Gasteiger charge is 2.24. The van der Waals surface area contributed by atoms with Gasteiger partial charge in [-0.05, 0) is 43.9 Å². The van der Waals surface area contributed by atoms with Crippen LogP contribution in [0.25, 0.3) is 0 Å². The van der Waals surface area contributed by atoms with Gasteiger partial charge >= 0.3 is 0 Å². The lowest BCUT2D eigenvalue weighted by molar-refractivity contribution is 0.683. The van der Waals surface area contributed by atoms with Crippen molar-refractivity contribution in [2.75, 3.05) is 24.5 Å². The van der Waals surface area contributed by atoms with E-state index in [2.05, 4.69) is 42.3 Å². The molecule has 1 aliphatic carbocycles. The van der Waals surface area contributed by atoms with Crippen molar-refractivity contribution in [2.45, 2.75) is 39.7 Å². The number of pyridine rings is 1. The molecule has 1 aliphatic rings. The van der Waals surface area contributed by atoms with Crippen LogP contribution in [0.15, 0.2) is 18.2 Å². The molecule has 1 heterocycles. The van der Waals surface area contributed by atoms with E-state index in [1.807, 2.05) is 0 Å². The van der Waals surface area contributed by atoms with Gasteiger partial charge in [0.05, 0.1) is 5.69 Å². The molecule has 0 atom stereocenters. The lowest BCUT2D eigenvalue weighted by Crippen LogP contribution is -2.27. The molecule has 2 rings (SSSR count). The van der Waals surface area contributed by atoms with E-state index in [1.54, 1.807) is 0 Å². The highest BCUT2D eigenvalue weighted by Crippen LogP contribution is 2.31. The first kappa shape index (κ1) is 13.3. The van der Waals surface area contributed by atoms with Crippen molar-refractivity contribution in [3.8, 4) is 0 Å². The topological polar surface area (TPSA) is 28.2 Å². The van der Waals surface area contributed by atoms with E-state index in [0.717, 1.165) is 37.1 Å². The zero-order valence-electron chi connectivity index (χ0n) is 11.7. The number of rotatable bonds is 8. The van der Waals surface area contributed by atoms with Gasteiger partial charge in [0, 0.05) is 19.6 Å². The van der Waals surface area contributed by atoms with E-state index in [4.69, 9.17) is 4.98 Å². The largest absolute Gasteiger partial charge is 0.356 e. The smallest absolute Gasteiger partial charge is 0.128 e. The molecule has 18 heavy (non-hydrogen) atoms. The highest BCUT2D eigenvalue weighted by molar-refractivity contribution is 5.39. The Balaban J connectivity index is 2.02. The first-order valence-electron chi connectivity index (χ1n) is 7.25. The van der Waals surface area contributed by atoms with E-state index in [1.165, 1.54) is 25.8 Å². The molecule has 1 N–H and O–H groups in total. The molecule has 3 nitrogen and oxygen atoms in total. The molecular weight excluding hydrogens is 222 g/mol. The standard InChI is InChI=1S/C15H25N3/c1-3-10-18(12-13-8-9-13)15-7-5-6-14(17-15)11-16-4-2/h5-7,13,16H,3-4,8-12H2,1-2H3. The van der Waals surface area contributed by atoms with Gasteiger partial charge in [-0.1, -0.05) is 19.9 Å². The molecule has 1 saturated carbocycles. The molecule has 0 radical (unpaired) electrons. The predicted octanol–water partition coefficient (Wildman–Crippen LogP) is 2.82. The first-order chi connectivity index (χ1) is 8.83. The maximum Gasteiger partial charge on any atom is 0.128 e. The maximum absolute atomic E-state index is 4.77. The van der Waals surface area contributed by atoms with Crippen molar-refractivity contribution in [3.63, 3.8) is 0 Å². The fourth-order valence-electron chi connectivity index (χ4n) is 2.18. The fourth-order valence-corrected chi connectivity index (χ4v) is 2.18. The molecular formula is C15H25N3. The van der Waals surface area contributed by atoms with Crippen LogP contribution in [0.2, 0.25) is 0 Å². The van der Waals surface area contributed by atoms with Crippen molar-refractivity contribution in [3.05, 3.63) is 23.9 Å². The van der Waals surface area contributed by atoms with Crippen molar-refractivity contribution < 1.29 is 0 Å². The minimum Gasteiger partial charge on any atom is -0.356 e. The summed E-state index contributed by atoms with van der Waals surface area (Å²) in [6, 6.07) is 6.38. The number of nitrogens with zero attached hydrogens (tertiary/aromatic N) is 2. The zero-order valence-corrected chi connectivity index (χ0v) is 11.7. The monoisotopic (exact) mass is 247 g/mol. The van der Waals surface area contributed by atoms with E-state index < -0.39 is 0 Å². The van der Waals surface area contributed by atoms with E-state index >= 15 is 0 Å². The highest BCUT2D eigenvalue weighted by atomic mass is 15.2. The van der Waals surface area contributed by atoms with Crippen LogP contribution >= 0.6 is 0 Å². The predicted molar refractivity (Wildman–Crippen MR) is 76.8 cm³/mol. The Morgan fingerprint density at radius 2 is 2.17 bits per heavy atom. The number of hydrogen-bond acceptors (Lipinski definition) is 3. The first-order valence-corrected chi connectivity index (χ1v) is 7.25. The van der Waals surface area contributed by atoms with Crippen molar-refractivity contribution in [1.82, 2.24) is 10.3 Å². The Morgan fingerprint density at radius 3 is 2.83 bits per heavy atom. The summed E-state index contributed by atoms with van der Waals surface area (Å²) in [6.07, 6.45) is 3.99. The van der Waals surface area contributed by atoms with Crippen LogP contribution in [0, 0.1) is 5.92 Å². The van der Waals surface area contributed by atoms with Crippen molar-refractivity contribution in [1.29, 1.82) is 0 Å². The molecule has 0 bridgehead atoms. The van der Waals surface area contributed by atoms with Gasteiger partial charge in [0.25, 0.3) is 0 Å². The van der Waals surface area contributed by atoms with Gasteiger partial charge in [0.1, 0.15) is 5.82 Å². The molecule has 1 fully saturated rings. The van der Waals surface area contributed by atoms with Gasteiger partial charge in [-0.3, -0.25) is 0 Å². The molecule has 0 aromatic carbocycles. The fraction of sp³-hybridized carbons (Fsp3) is 0.667. The molecule has 3 heteroatoms. The summed E-state index contributed by atoms with van der Waals surface area (Å²) in [6.45, 7) is 8.53. The molecule has 0 unspecified atom stereocenters. The van der Waals surface area contributed by atoms with Crippen LogP contribution < -0.4 is 10.2 Å². The third-order valence-electron chi connectivity index (χ3n) is 3.34. The second-order valence-electron chi connectivity index (χ2n) is 5.16. The van der Waals surface area contributed by atoms with Crippen LogP contribution in [-0.4, -0.2) is 24.6 Å². The summed E-state index contributed by atoms with van der Waals surface area (Å²) in [7, 11) is 0. The lowest BCUT2D eigenvalue weighted by Gasteiger charge is -2.23. The SMILES string of the molecule is CCCN(CC1CC1)c1cccc(CNCC)n1. The third kappa shape index (κ3) is 3.98. The van der Waals surface area contributed by atoms with Gasteiger partial charge in [-0.25, -0.2) is 4.98 Å². The molecule has 100 valence electrons. The maximum atomic E-state index is 4.77. The van der Waals surface area contributed by atoms with E-state index in [0.29, 0.717) is 0 Å². The average Bonchev–Trinajstić information content (AvgIpc) is 3.20. The number of hydrogen-bond donors (Lipinski definition) is 1. The summed E-state index contributed by atoms with van der Waals surface area (Å²) < 4.78 is 0. The Morgan fingerprint density at radius 1 is 1.33 bits per heavy atom. The summed E-state index contributed by atoms with van der Waals surface area (Å²) in [5.74, 6) is 2.06. The van der Waals surface area contributed by atoms with Gasteiger partial charge in [0.15, 0.2) is 0 Å². The molecule has 0 amide bonds. The second kappa shape index (κ2) is 6.74. The van der Waals surface area contributed by atoms with Gasteiger partial charge < -0.3 is 10.2 Å². The number of nitrogens with one attached hydrogen (secondary N) is 1.